The Kier molecular flexibility index (Phi) is 10.6. The molecule has 5 heterocycles. The molecule has 2 aromatic rings. The number of morpholine rings is 1. The van der Waals surface area contributed by atoms with E-state index in [1.807, 2.05) is 35.5 Å². The summed E-state index contributed by atoms with van der Waals surface area (Å²) in [4.78, 5) is 54.3. The van der Waals surface area contributed by atoms with Gasteiger partial charge < -0.3 is 34.8 Å². The second kappa shape index (κ2) is 14.6. The molecule has 252 valence electrons. The average Bonchev–Trinajstić information content (AvgIpc) is 3.04. The summed E-state index contributed by atoms with van der Waals surface area (Å²) < 4.78 is 38.7. The molecule has 14 nitrogen and oxygen atoms in total. The van der Waals surface area contributed by atoms with E-state index in [1.165, 1.54) is 6.20 Å². The van der Waals surface area contributed by atoms with Gasteiger partial charge in [-0.2, -0.15) is 15.0 Å². The van der Waals surface area contributed by atoms with Crippen LogP contribution in [0.3, 0.4) is 0 Å². The molecule has 2 amide bonds. The van der Waals surface area contributed by atoms with Crippen LogP contribution in [0.1, 0.15) is 65.0 Å². The predicted octanol–water partition coefficient (Wildman–Crippen LogP) is 3.15. The van der Waals surface area contributed by atoms with E-state index >= 15 is 0 Å². The summed E-state index contributed by atoms with van der Waals surface area (Å²) in [6.07, 6.45) is 2.09. The number of likely N-dealkylation sites (tertiary alicyclic amines) is 1. The number of aromatic nitrogens is 5. The lowest BCUT2D eigenvalue weighted by molar-refractivity contribution is -0.131. The maximum atomic E-state index is 13.9. The van der Waals surface area contributed by atoms with Crippen LogP contribution in [0.5, 0.6) is 0 Å². The Hall–Kier alpha value is -3.95. The van der Waals surface area contributed by atoms with Crippen LogP contribution < -0.4 is 15.5 Å². The van der Waals surface area contributed by atoms with Crippen molar-refractivity contribution >= 4 is 29.8 Å². The SMILES string of the molecule is CC(C)(C)OC(=O)N1CCC(CCCC(=O)N2CCN(c3nc(-c4cnc(N)nc4C(F)F)nc(N4CCOCC4)n3)CC2)CC1. The van der Waals surface area contributed by atoms with Crippen LogP contribution in [0.2, 0.25) is 0 Å². The second-order valence-electron chi connectivity index (χ2n) is 12.9. The third kappa shape index (κ3) is 8.65. The molecule has 0 aliphatic carbocycles. The molecule has 2 N–H and O–H groups in total. The molecule has 0 aromatic carbocycles. The van der Waals surface area contributed by atoms with Crippen LogP contribution in [-0.2, 0) is 14.3 Å². The highest BCUT2D eigenvalue weighted by Gasteiger charge is 2.29. The van der Waals surface area contributed by atoms with Gasteiger partial charge in [-0.25, -0.2) is 23.5 Å². The number of anilines is 3. The molecule has 0 saturated carbocycles. The first-order chi connectivity index (χ1) is 22.0. The summed E-state index contributed by atoms with van der Waals surface area (Å²) in [5.74, 6) is 1.07. The van der Waals surface area contributed by atoms with E-state index in [-0.39, 0.29) is 29.3 Å². The van der Waals surface area contributed by atoms with Crippen LogP contribution in [0.15, 0.2) is 6.20 Å². The number of nitrogen functional groups attached to an aromatic ring is 1. The number of halogens is 2. The number of hydrogen-bond acceptors (Lipinski definition) is 12. The minimum absolute atomic E-state index is 0.00770. The smallest absolute Gasteiger partial charge is 0.410 e. The number of piperidine rings is 1. The van der Waals surface area contributed by atoms with E-state index in [1.54, 1.807) is 4.90 Å². The maximum Gasteiger partial charge on any atom is 0.410 e. The topological polar surface area (TPSA) is 156 Å². The third-order valence-electron chi connectivity index (χ3n) is 8.37. The quantitative estimate of drug-likeness (QED) is 0.448. The first-order valence-corrected chi connectivity index (χ1v) is 16.0. The lowest BCUT2D eigenvalue weighted by Gasteiger charge is -2.36. The van der Waals surface area contributed by atoms with Crippen molar-refractivity contribution in [1.29, 1.82) is 0 Å². The minimum atomic E-state index is -2.90. The zero-order valence-electron chi connectivity index (χ0n) is 26.8. The van der Waals surface area contributed by atoms with Crippen LogP contribution in [0.4, 0.5) is 31.4 Å². The number of rotatable bonds is 8. The number of alkyl halides is 2. The summed E-state index contributed by atoms with van der Waals surface area (Å²) in [5.41, 5.74) is 4.53. The van der Waals surface area contributed by atoms with Crippen molar-refractivity contribution in [3.63, 3.8) is 0 Å². The number of ether oxygens (including phenoxy) is 2. The highest BCUT2D eigenvalue weighted by atomic mass is 19.3. The summed E-state index contributed by atoms with van der Waals surface area (Å²) in [6, 6.07) is 0. The Morgan fingerprint density at radius 2 is 1.57 bits per heavy atom. The number of amides is 2. The van der Waals surface area contributed by atoms with Gasteiger partial charge in [0.2, 0.25) is 23.8 Å². The highest BCUT2D eigenvalue weighted by Crippen LogP contribution is 2.30. The Labute approximate surface area is 267 Å². The van der Waals surface area contributed by atoms with Gasteiger partial charge in [0.1, 0.15) is 11.3 Å². The van der Waals surface area contributed by atoms with Crippen LogP contribution >= 0.6 is 0 Å². The molecule has 0 unspecified atom stereocenters. The van der Waals surface area contributed by atoms with Crippen molar-refractivity contribution in [3.8, 4) is 11.4 Å². The number of carbonyl (C=O) groups is 2. The lowest BCUT2D eigenvalue weighted by atomic mass is 9.91. The molecule has 3 aliphatic rings. The molecule has 0 spiro atoms. The number of hydrogen-bond donors (Lipinski definition) is 1. The van der Waals surface area contributed by atoms with Crippen molar-refractivity contribution in [2.24, 2.45) is 5.92 Å². The number of nitrogens with zero attached hydrogens (tertiary/aromatic N) is 9. The Bertz CT molecular complexity index is 1360. The fraction of sp³-hybridized carbons (Fsp3) is 0.700. The number of carbonyl (C=O) groups excluding carboxylic acids is 2. The van der Waals surface area contributed by atoms with Gasteiger partial charge in [0.25, 0.3) is 6.43 Å². The predicted molar refractivity (Wildman–Crippen MR) is 166 cm³/mol. The average molecular weight is 647 g/mol. The summed E-state index contributed by atoms with van der Waals surface area (Å²) in [7, 11) is 0. The Morgan fingerprint density at radius 1 is 0.935 bits per heavy atom. The fourth-order valence-corrected chi connectivity index (χ4v) is 5.86. The highest BCUT2D eigenvalue weighted by molar-refractivity contribution is 5.76. The Balaban J connectivity index is 1.16. The molecule has 5 rings (SSSR count). The third-order valence-corrected chi connectivity index (χ3v) is 8.37. The number of nitrogens with two attached hydrogens (primary N) is 1. The van der Waals surface area contributed by atoms with E-state index in [0.29, 0.717) is 89.8 Å². The standard InChI is InChI=1S/C30H44F2N10O4/c1-30(2,3)46-29(44)42-9-7-20(8-10-42)5-4-6-22(43)39-11-13-40(14-12-39)27-36-25(21-19-34-26(33)35-23(21)24(31)32)37-28(38-27)41-15-17-45-18-16-41/h19-20,24H,4-18H2,1-3H3,(H2,33,34,35). The van der Waals surface area contributed by atoms with Crippen molar-refractivity contribution < 1.29 is 27.8 Å². The van der Waals surface area contributed by atoms with Gasteiger partial charge in [-0.3, -0.25) is 4.79 Å². The molecule has 3 fully saturated rings. The van der Waals surface area contributed by atoms with Gasteiger partial charge >= 0.3 is 6.09 Å². The van der Waals surface area contributed by atoms with Gasteiger partial charge in [0.15, 0.2) is 5.82 Å². The second-order valence-corrected chi connectivity index (χ2v) is 12.9. The molecule has 0 bridgehead atoms. The molecule has 46 heavy (non-hydrogen) atoms. The first-order valence-electron chi connectivity index (χ1n) is 16.0. The fourth-order valence-electron chi connectivity index (χ4n) is 5.86. The molecule has 16 heteroatoms. The van der Waals surface area contributed by atoms with Gasteiger partial charge in [0.05, 0.1) is 18.8 Å². The van der Waals surface area contributed by atoms with Gasteiger partial charge in [-0.05, 0) is 52.4 Å². The first kappa shape index (κ1) is 33.4. The lowest BCUT2D eigenvalue weighted by Crippen LogP contribution is -2.49. The molecule has 0 atom stereocenters. The van der Waals surface area contributed by atoms with E-state index in [9.17, 15) is 18.4 Å². The number of piperazine rings is 1. The van der Waals surface area contributed by atoms with E-state index < -0.39 is 17.7 Å². The zero-order valence-corrected chi connectivity index (χ0v) is 26.8. The van der Waals surface area contributed by atoms with Gasteiger partial charge in [-0.1, -0.05) is 0 Å². The molecular formula is C30H44F2N10O4. The molecular weight excluding hydrogens is 602 g/mol. The summed E-state index contributed by atoms with van der Waals surface area (Å²) >= 11 is 0. The van der Waals surface area contributed by atoms with E-state index in [0.717, 1.165) is 25.7 Å². The monoisotopic (exact) mass is 646 g/mol. The molecule has 2 aromatic heterocycles. The van der Waals surface area contributed by atoms with E-state index in [2.05, 4.69) is 24.9 Å². The van der Waals surface area contributed by atoms with Crippen LogP contribution in [-0.4, -0.2) is 118 Å². The maximum absolute atomic E-state index is 13.9. The molecule has 3 aliphatic heterocycles. The van der Waals surface area contributed by atoms with Gasteiger partial charge in [0, 0.05) is 65.0 Å². The van der Waals surface area contributed by atoms with Crippen LogP contribution in [0, 0.1) is 5.92 Å². The van der Waals surface area contributed by atoms with Gasteiger partial charge in [-0.15, -0.1) is 0 Å². The van der Waals surface area contributed by atoms with Crippen molar-refractivity contribution in [2.75, 3.05) is 81.1 Å². The molecule has 0 radical (unpaired) electrons. The van der Waals surface area contributed by atoms with Crippen LogP contribution in [0.25, 0.3) is 11.4 Å². The summed E-state index contributed by atoms with van der Waals surface area (Å²) in [6.45, 7) is 11.0. The van der Waals surface area contributed by atoms with E-state index in [4.69, 9.17) is 15.2 Å². The largest absolute Gasteiger partial charge is 0.444 e. The van der Waals surface area contributed by atoms with Crippen molar-refractivity contribution in [3.05, 3.63) is 11.9 Å². The van der Waals surface area contributed by atoms with Crippen molar-refractivity contribution in [2.45, 2.75) is 64.9 Å². The van der Waals surface area contributed by atoms with Crippen molar-refractivity contribution in [1.82, 2.24) is 34.7 Å². The normalized spacial score (nSPS) is 18.3. The minimum Gasteiger partial charge on any atom is -0.444 e. The molecule has 3 saturated heterocycles. The Morgan fingerprint density at radius 3 is 2.17 bits per heavy atom. The summed E-state index contributed by atoms with van der Waals surface area (Å²) in [5, 5.41) is 0. The zero-order chi connectivity index (χ0) is 32.8.